The molecule has 0 bridgehead atoms. The fraction of sp³-hybridized carbons (Fsp3) is 0.500. The maximum absolute atomic E-state index is 5.55. The molecule has 0 saturated heterocycles. The summed E-state index contributed by atoms with van der Waals surface area (Å²) in [6.07, 6.45) is 0. The lowest BCUT2D eigenvalue weighted by Gasteiger charge is -2.19. The van der Waals surface area contributed by atoms with Gasteiger partial charge in [-0.2, -0.15) is 0 Å². The first-order valence-electron chi connectivity index (χ1n) is 5.00. The lowest BCUT2D eigenvalue weighted by Crippen LogP contribution is -2.22. The summed E-state index contributed by atoms with van der Waals surface area (Å²) in [5.74, 6) is 0.902. The topological polar surface area (TPSA) is 18.5 Å². The van der Waals surface area contributed by atoms with Gasteiger partial charge in [0.05, 0.1) is 12.2 Å². The molecule has 0 aliphatic carbocycles. The Kier molecular flexibility index (Phi) is 4.86. The molecule has 0 radical (unpaired) electrons. The van der Waals surface area contributed by atoms with Gasteiger partial charge < -0.3 is 9.47 Å². The van der Waals surface area contributed by atoms with Crippen molar-refractivity contribution in [3.63, 3.8) is 0 Å². The minimum Gasteiger partial charge on any atom is -0.491 e. The van der Waals surface area contributed by atoms with Gasteiger partial charge in [0.2, 0.25) is 0 Å². The Morgan fingerprint density at radius 2 is 1.93 bits per heavy atom. The van der Waals surface area contributed by atoms with Crippen LogP contribution in [-0.2, 0) is 4.74 Å². The fourth-order valence-electron chi connectivity index (χ4n) is 1.06. The molecule has 15 heavy (non-hydrogen) atoms. The number of rotatable bonds is 4. The highest BCUT2D eigenvalue weighted by atomic mass is 127. The van der Waals surface area contributed by atoms with Crippen molar-refractivity contribution in [3.05, 3.63) is 27.8 Å². The molecule has 0 unspecified atom stereocenters. The van der Waals surface area contributed by atoms with E-state index in [1.165, 1.54) is 3.57 Å². The van der Waals surface area contributed by atoms with Gasteiger partial charge in [0.25, 0.3) is 0 Å². The van der Waals surface area contributed by atoms with Crippen LogP contribution >= 0.6 is 22.6 Å². The molecular formula is C12H17IO2. The van der Waals surface area contributed by atoms with Crippen molar-refractivity contribution in [1.82, 2.24) is 0 Å². The van der Waals surface area contributed by atoms with Crippen LogP contribution in [0.1, 0.15) is 20.8 Å². The summed E-state index contributed by atoms with van der Waals surface area (Å²) in [5.41, 5.74) is -0.0888. The van der Waals surface area contributed by atoms with Crippen LogP contribution in [-0.4, -0.2) is 18.8 Å². The molecule has 1 aromatic rings. The van der Waals surface area contributed by atoms with Gasteiger partial charge in [0, 0.05) is 3.57 Å². The van der Waals surface area contributed by atoms with Gasteiger partial charge in [-0.3, -0.25) is 0 Å². The zero-order chi connectivity index (χ0) is 11.3. The maximum Gasteiger partial charge on any atom is 0.120 e. The van der Waals surface area contributed by atoms with Crippen LogP contribution in [0.25, 0.3) is 0 Å². The van der Waals surface area contributed by atoms with Gasteiger partial charge in [-0.1, -0.05) is 6.07 Å². The average molecular weight is 320 g/mol. The molecule has 84 valence electrons. The molecule has 0 aliphatic heterocycles. The first kappa shape index (κ1) is 12.8. The number of ether oxygens (including phenoxy) is 2. The average Bonchev–Trinajstić information content (AvgIpc) is 2.11. The van der Waals surface area contributed by atoms with Crippen LogP contribution in [0.4, 0.5) is 0 Å². The van der Waals surface area contributed by atoms with Crippen molar-refractivity contribution in [1.29, 1.82) is 0 Å². The molecule has 0 N–H and O–H groups in total. The summed E-state index contributed by atoms with van der Waals surface area (Å²) in [4.78, 5) is 0. The number of hydrogen-bond donors (Lipinski definition) is 0. The third kappa shape index (κ3) is 5.99. The Balaban J connectivity index is 2.26. The summed E-state index contributed by atoms with van der Waals surface area (Å²) in [5, 5.41) is 0. The molecule has 0 spiro atoms. The Bertz CT molecular complexity index is 305. The Morgan fingerprint density at radius 1 is 1.20 bits per heavy atom. The van der Waals surface area contributed by atoms with E-state index < -0.39 is 0 Å². The first-order valence-corrected chi connectivity index (χ1v) is 6.07. The van der Waals surface area contributed by atoms with E-state index in [4.69, 9.17) is 9.47 Å². The van der Waals surface area contributed by atoms with Crippen molar-refractivity contribution < 1.29 is 9.47 Å². The van der Waals surface area contributed by atoms with Crippen LogP contribution in [0.2, 0.25) is 0 Å². The van der Waals surface area contributed by atoms with E-state index in [1.54, 1.807) is 0 Å². The second-order valence-electron chi connectivity index (χ2n) is 4.27. The van der Waals surface area contributed by atoms with Crippen LogP contribution in [0.15, 0.2) is 24.3 Å². The van der Waals surface area contributed by atoms with Gasteiger partial charge in [-0.05, 0) is 61.6 Å². The molecule has 1 aromatic carbocycles. The predicted molar refractivity (Wildman–Crippen MR) is 70.4 cm³/mol. The van der Waals surface area contributed by atoms with E-state index in [9.17, 15) is 0 Å². The highest BCUT2D eigenvalue weighted by Crippen LogP contribution is 2.14. The van der Waals surface area contributed by atoms with Crippen LogP contribution in [0.3, 0.4) is 0 Å². The zero-order valence-electron chi connectivity index (χ0n) is 9.42. The van der Waals surface area contributed by atoms with E-state index in [2.05, 4.69) is 22.6 Å². The highest BCUT2D eigenvalue weighted by molar-refractivity contribution is 14.1. The highest BCUT2D eigenvalue weighted by Gasteiger charge is 2.09. The normalized spacial score (nSPS) is 11.5. The summed E-state index contributed by atoms with van der Waals surface area (Å²) >= 11 is 2.27. The van der Waals surface area contributed by atoms with Crippen LogP contribution in [0.5, 0.6) is 5.75 Å². The molecule has 0 aliphatic rings. The number of benzene rings is 1. The molecule has 0 aromatic heterocycles. The standard InChI is InChI=1S/C12H17IO2/c1-12(2,3)15-8-7-14-11-6-4-5-10(13)9-11/h4-6,9H,7-8H2,1-3H3. The lowest BCUT2D eigenvalue weighted by atomic mass is 10.2. The molecule has 1 rings (SSSR count). The Labute approximate surface area is 105 Å². The quantitative estimate of drug-likeness (QED) is 0.625. The molecule has 2 nitrogen and oxygen atoms in total. The minimum absolute atomic E-state index is 0.0888. The van der Waals surface area contributed by atoms with Crippen molar-refractivity contribution in [2.24, 2.45) is 0 Å². The molecule has 0 atom stereocenters. The van der Waals surface area contributed by atoms with Crippen molar-refractivity contribution in [2.45, 2.75) is 26.4 Å². The molecule has 0 heterocycles. The first-order chi connectivity index (χ1) is 6.97. The molecule has 0 saturated carbocycles. The van der Waals surface area contributed by atoms with Gasteiger partial charge >= 0.3 is 0 Å². The smallest absolute Gasteiger partial charge is 0.120 e. The van der Waals surface area contributed by atoms with Gasteiger partial charge in [0.15, 0.2) is 0 Å². The third-order valence-corrected chi connectivity index (χ3v) is 2.35. The van der Waals surface area contributed by atoms with Gasteiger partial charge in [-0.15, -0.1) is 0 Å². The van der Waals surface area contributed by atoms with E-state index in [0.717, 1.165) is 5.75 Å². The third-order valence-electron chi connectivity index (χ3n) is 1.68. The molecule has 0 fully saturated rings. The summed E-state index contributed by atoms with van der Waals surface area (Å²) in [6.45, 7) is 7.34. The predicted octanol–water partition coefficient (Wildman–Crippen LogP) is 3.49. The molecular weight excluding hydrogens is 303 g/mol. The van der Waals surface area contributed by atoms with Crippen LogP contribution < -0.4 is 4.74 Å². The van der Waals surface area contributed by atoms with E-state index >= 15 is 0 Å². The minimum atomic E-state index is -0.0888. The maximum atomic E-state index is 5.55. The van der Waals surface area contributed by atoms with E-state index in [0.29, 0.717) is 13.2 Å². The van der Waals surface area contributed by atoms with Gasteiger partial charge in [0.1, 0.15) is 12.4 Å². The monoisotopic (exact) mass is 320 g/mol. The second-order valence-corrected chi connectivity index (χ2v) is 5.51. The number of halogens is 1. The summed E-state index contributed by atoms with van der Waals surface area (Å²) < 4.78 is 12.3. The summed E-state index contributed by atoms with van der Waals surface area (Å²) in [7, 11) is 0. The molecule has 0 amide bonds. The van der Waals surface area contributed by atoms with Crippen molar-refractivity contribution in [3.8, 4) is 5.75 Å². The Morgan fingerprint density at radius 3 is 2.53 bits per heavy atom. The summed E-state index contributed by atoms with van der Waals surface area (Å²) in [6, 6.07) is 8.00. The van der Waals surface area contributed by atoms with E-state index in [1.807, 2.05) is 45.0 Å². The molecule has 3 heteroatoms. The lowest BCUT2D eigenvalue weighted by molar-refractivity contribution is -0.0163. The van der Waals surface area contributed by atoms with Crippen LogP contribution in [0, 0.1) is 3.57 Å². The largest absolute Gasteiger partial charge is 0.491 e. The van der Waals surface area contributed by atoms with Gasteiger partial charge in [-0.25, -0.2) is 0 Å². The second kappa shape index (κ2) is 5.70. The van der Waals surface area contributed by atoms with E-state index in [-0.39, 0.29) is 5.60 Å². The van der Waals surface area contributed by atoms with Crippen molar-refractivity contribution in [2.75, 3.05) is 13.2 Å². The fourth-order valence-corrected chi connectivity index (χ4v) is 1.58. The zero-order valence-corrected chi connectivity index (χ0v) is 11.6. The van der Waals surface area contributed by atoms with Crippen molar-refractivity contribution >= 4 is 22.6 Å². The SMILES string of the molecule is CC(C)(C)OCCOc1cccc(I)c1. The Hall–Kier alpha value is -0.290. The number of hydrogen-bond acceptors (Lipinski definition) is 2.